The molecule has 466 valence electrons. The SMILES string of the molecule is CO[C@]1(C)C[C@H](O[C@H]2[C@H](C)[C@@H](O[C@@H]3O[C@H](C)C[C@H](N(C)C)[C@H]3O)[C@](C)(O)C[C@@H](C)CN(C)C(=O)C[C@@H](Cc3ccc(NC(=O)[C@H](Cc4ccccc4Cl)NC(=O)NCc4ccc(F)cc4)cc3)NC(=O)[C@H](C(C)C)NC(=O)[C@@H]2C)O[C@@H](C)[C@@H]1O. The van der Waals surface area contributed by atoms with Crippen LogP contribution in [0.15, 0.2) is 72.8 Å². The predicted molar refractivity (Wildman–Crippen MR) is 316 cm³/mol. The van der Waals surface area contributed by atoms with Crippen molar-refractivity contribution in [2.45, 2.75) is 192 Å². The molecule has 3 aromatic rings. The summed E-state index contributed by atoms with van der Waals surface area (Å²) in [5.74, 6) is -5.09. The Labute approximate surface area is 499 Å². The van der Waals surface area contributed by atoms with E-state index in [2.05, 4.69) is 26.6 Å². The highest BCUT2D eigenvalue weighted by atomic mass is 35.5. The number of halogens is 2. The fourth-order valence-corrected chi connectivity index (χ4v) is 12.1. The molecule has 0 bridgehead atoms. The van der Waals surface area contributed by atoms with Crippen LogP contribution >= 0.6 is 11.6 Å². The molecular formula is C62H91ClFN7O13. The van der Waals surface area contributed by atoms with Gasteiger partial charge in [-0.3, -0.25) is 19.2 Å². The van der Waals surface area contributed by atoms with E-state index in [1.807, 2.05) is 32.8 Å². The Morgan fingerprint density at radius 1 is 0.905 bits per heavy atom. The number of nitrogens with zero attached hydrogens (tertiary/aromatic N) is 2. The normalized spacial score (nSPS) is 32.7. The Kier molecular flexibility index (Phi) is 24.1. The molecule has 3 saturated heterocycles. The van der Waals surface area contributed by atoms with E-state index in [4.69, 9.17) is 35.3 Å². The number of nitrogens with one attached hydrogen (secondary N) is 5. The molecule has 6 rings (SSSR count). The number of carbonyl (C=O) groups excluding carboxylic acids is 5. The fraction of sp³-hybridized carbons (Fsp3) is 0.629. The first-order chi connectivity index (χ1) is 39.5. The van der Waals surface area contributed by atoms with Gasteiger partial charge in [-0.1, -0.05) is 88.7 Å². The van der Waals surface area contributed by atoms with E-state index in [9.17, 15) is 43.7 Å². The molecule has 17 atom stereocenters. The van der Waals surface area contributed by atoms with Crippen molar-refractivity contribution in [2.75, 3.05) is 40.1 Å². The number of benzene rings is 3. The summed E-state index contributed by atoms with van der Waals surface area (Å²) >= 11 is 6.49. The monoisotopic (exact) mass is 1200 g/mol. The van der Waals surface area contributed by atoms with Crippen LogP contribution in [0.5, 0.6) is 0 Å². The smallest absolute Gasteiger partial charge is 0.315 e. The van der Waals surface area contributed by atoms with Gasteiger partial charge in [0.05, 0.1) is 41.5 Å². The zero-order valence-electron chi connectivity index (χ0n) is 50.9. The molecule has 0 spiro atoms. The maximum Gasteiger partial charge on any atom is 0.315 e. The fourth-order valence-electron chi connectivity index (χ4n) is 11.9. The van der Waals surface area contributed by atoms with Crippen molar-refractivity contribution < 1.29 is 67.4 Å². The van der Waals surface area contributed by atoms with Crippen LogP contribution in [0.1, 0.15) is 105 Å². The molecule has 3 aromatic carbocycles. The summed E-state index contributed by atoms with van der Waals surface area (Å²) in [7, 11) is 6.86. The highest BCUT2D eigenvalue weighted by Crippen LogP contribution is 2.39. The number of methoxy groups -OCH3 is 1. The molecule has 3 heterocycles. The number of rotatable bonds is 16. The molecule has 3 aliphatic rings. The number of hydrogen-bond acceptors (Lipinski definition) is 14. The van der Waals surface area contributed by atoms with Gasteiger partial charge in [-0.15, -0.1) is 0 Å². The van der Waals surface area contributed by atoms with Gasteiger partial charge in [0.25, 0.3) is 0 Å². The molecule has 20 nitrogen and oxygen atoms in total. The standard InChI is InChI=1S/C62H91ClFN7O13/c1-34(2)51-58(77)67-45(27-40-20-24-44(25-21-40)66-57(76)47(28-42-16-14-15-17-46(42)63)68-60(78)65-32-41-18-22-43(64)23-19-41)29-49(72)71(12)33-35(3)30-61(8,79)55(84-59-52(73)48(70(10)11)26-36(4)81-59)37(5)53(38(6)56(75)69-51)83-50-31-62(9,80-13)54(74)39(7)82-50/h14-25,34-39,45,47-48,50-55,59,73-74,79H,26-33H2,1-13H3,(H,66,76)(H,67,77)(H,69,75)(H2,65,68,78)/t35-,36-,37+,38-,39+,45-,47+,48+,50+,51+,52-,53+,54+,55-,59+,61-,62-/m1/s1. The molecule has 0 aliphatic carbocycles. The third-order valence-corrected chi connectivity index (χ3v) is 17.1. The van der Waals surface area contributed by atoms with Crippen LogP contribution < -0.4 is 26.6 Å². The number of hydrogen-bond donors (Lipinski definition) is 8. The van der Waals surface area contributed by atoms with Gasteiger partial charge < -0.3 is 75.4 Å². The second kappa shape index (κ2) is 29.9. The van der Waals surface area contributed by atoms with Crippen LogP contribution in [0.25, 0.3) is 0 Å². The average molecular weight is 1200 g/mol. The lowest BCUT2D eigenvalue weighted by molar-refractivity contribution is -0.317. The van der Waals surface area contributed by atoms with Crippen molar-refractivity contribution >= 4 is 46.9 Å². The Balaban J connectivity index is 1.28. The van der Waals surface area contributed by atoms with Crippen molar-refractivity contribution in [1.82, 2.24) is 31.1 Å². The van der Waals surface area contributed by atoms with E-state index in [0.717, 1.165) is 0 Å². The highest BCUT2D eigenvalue weighted by molar-refractivity contribution is 6.31. The lowest BCUT2D eigenvalue weighted by atomic mass is 9.77. The van der Waals surface area contributed by atoms with Crippen molar-refractivity contribution in [3.05, 3.63) is 100 Å². The number of urea groups is 1. The maximum atomic E-state index is 14.9. The molecule has 0 aromatic heterocycles. The van der Waals surface area contributed by atoms with Crippen molar-refractivity contribution in [3.8, 4) is 0 Å². The Bertz CT molecular complexity index is 2670. The minimum atomic E-state index is -1.72. The summed E-state index contributed by atoms with van der Waals surface area (Å²) in [6.45, 7) is 16.1. The molecule has 0 unspecified atom stereocenters. The largest absolute Gasteiger partial charge is 0.387 e. The van der Waals surface area contributed by atoms with Gasteiger partial charge in [0.15, 0.2) is 12.6 Å². The highest BCUT2D eigenvalue weighted by Gasteiger charge is 2.51. The summed E-state index contributed by atoms with van der Waals surface area (Å²) < 4.78 is 45.6. The third kappa shape index (κ3) is 18.1. The molecule has 3 fully saturated rings. The first-order valence-electron chi connectivity index (χ1n) is 29.2. The molecule has 84 heavy (non-hydrogen) atoms. The van der Waals surface area contributed by atoms with Gasteiger partial charge in [-0.05, 0) is 120 Å². The summed E-state index contributed by atoms with van der Waals surface area (Å²) in [6, 6.07) is 15.5. The Morgan fingerprint density at radius 2 is 1.56 bits per heavy atom. The molecular weight excluding hydrogens is 1110 g/mol. The summed E-state index contributed by atoms with van der Waals surface area (Å²) in [6.07, 6.45) is -7.02. The molecule has 6 amide bonds. The lowest BCUT2D eigenvalue weighted by Crippen LogP contribution is -2.61. The van der Waals surface area contributed by atoms with Crippen LogP contribution in [0.2, 0.25) is 5.02 Å². The molecule has 22 heteroatoms. The zero-order valence-corrected chi connectivity index (χ0v) is 51.7. The van der Waals surface area contributed by atoms with Gasteiger partial charge in [0.2, 0.25) is 23.6 Å². The topological polar surface area (TPSA) is 259 Å². The molecule has 3 aliphatic heterocycles. The van der Waals surface area contributed by atoms with Gasteiger partial charge in [-0.2, -0.15) is 0 Å². The molecule has 8 N–H and O–H groups in total. The second-order valence-electron chi connectivity index (χ2n) is 24.6. The Morgan fingerprint density at radius 3 is 2.19 bits per heavy atom. The summed E-state index contributed by atoms with van der Waals surface area (Å²) in [4.78, 5) is 74.6. The number of aliphatic hydroxyl groups excluding tert-OH is 2. The maximum absolute atomic E-state index is 14.9. The van der Waals surface area contributed by atoms with Crippen molar-refractivity contribution in [1.29, 1.82) is 0 Å². The van der Waals surface area contributed by atoms with E-state index in [0.29, 0.717) is 33.8 Å². The van der Waals surface area contributed by atoms with E-state index in [-0.39, 0.29) is 69.2 Å². The first-order valence-corrected chi connectivity index (χ1v) is 29.5. The minimum absolute atomic E-state index is 0.0570. The number of amides is 6. The van der Waals surface area contributed by atoms with Crippen LogP contribution in [0, 0.1) is 29.5 Å². The van der Waals surface area contributed by atoms with Crippen molar-refractivity contribution in [3.63, 3.8) is 0 Å². The van der Waals surface area contributed by atoms with Gasteiger partial charge in [0.1, 0.15) is 30.1 Å². The van der Waals surface area contributed by atoms with E-state index >= 15 is 0 Å². The third-order valence-electron chi connectivity index (χ3n) is 16.7. The van der Waals surface area contributed by atoms with Crippen LogP contribution in [0.3, 0.4) is 0 Å². The van der Waals surface area contributed by atoms with Crippen LogP contribution in [-0.4, -0.2) is 174 Å². The van der Waals surface area contributed by atoms with E-state index in [1.54, 1.807) is 121 Å². The average Bonchev–Trinajstić information content (AvgIpc) is 1.87. The molecule has 0 radical (unpaired) electrons. The number of likely N-dealkylation sites (N-methyl/N-ethyl adjacent to an activating group) is 1. The first kappa shape index (κ1) is 67.8. The van der Waals surface area contributed by atoms with Gasteiger partial charge >= 0.3 is 6.03 Å². The zero-order chi connectivity index (χ0) is 62.0. The van der Waals surface area contributed by atoms with E-state index in [1.165, 1.54) is 19.2 Å². The summed E-state index contributed by atoms with van der Waals surface area (Å²) in [5.41, 5.74) is -0.450. The van der Waals surface area contributed by atoms with Gasteiger partial charge in [-0.25, -0.2) is 9.18 Å². The number of aliphatic hydroxyl groups is 3. The van der Waals surface area contributed by atoms with E-state index < -0.39 is 120 Å². The summed E-state index contributed by atoms with van der Waals surface area (Å²) in [5, 5.41) is 50.7. The number of anilines is 1. The predicted octanol–water partition coefficient (Wildman–Crippen LogP) is 5.71. The molecule has 0 saturated carbocycles. The van der Waals surface area contributed by atoms with Crippen LogP contribution in [0.4, 0.5) is 14.9 Å². The van der Waals surface area contributed by atoms with Gasteiger partial charge in [0, 0.05) is 75.2 Å². The number of carbonyl (C=O) groups is 5. The number of ether oxygens (including phenoxy) is 5. The quantitative estimate of drug-likeness (QED) is 0.0856. The van der Waals surface area contributed by atoms with Crippen molar-refractivity contribution in [2.24, 2.45) is 23.7 Å². The second-order valence-corrected chi connectivity index (χ2v) is 25.0. The Hall–Kier alpha value is -5.33. The lowest BCUT2D eigenvalue weighted by Gasteiger charge is -2.49. The minimum Gasteiger partial charge on any atom is -0.387 e. The van der Waals surface area contributed by atoms with Crippen LogP contribution in [-0.2, 0) is 62.2 Å².